The summed E-state index contributed by atoms with van der Waals surface area (Å²) in [6.07, 6.45) is 0.991. The normalized spacial score (nSPS) is 16.6. The predicted molar refractivity (Wildman–Crippen MR) is 93.4 cm³/mol. The number of hydrogen-bond acceptors (Lipinski definition) is 4. The van der Waals surface area contributed by atoms with E-state index < -0.39 is 0 Å². The van der Waals surface area contributed by atoms with Crippen LogP contribution in [-0.2, 0) is 0 Å². The van der Waals surface area contributed by atoms with Crippen LogP contribution < -0.4 is 5.73 Å². The van der Waals surface area contributed by atoms with Crippen LogP contribution in [0.15, 0.2) is 15.9 Å². The molecule has 0 spiro atoms. The molecule has 5 heteroatoms. The van der Waals surface area contributed by atoms with Crippen molar-refractivity contribution in [3.05, 3.63) is 20.8 Å². The van der Waals surface area contributed by atoms with E-state index in [9.17, 15) is 0 Å². The molecule has 0 aliphatic heterocycles. The van der Waals surface area contributed by atoms with Gasteiger partial charge in [-0.3, -0.25) is 4.90 Å². The molecule has 0 saturated carbocycles. The molecule has 0 saturated heterocycles. The summed E-state index contributed by atoms with van der Waals surface area (Å²) in [7, 11) is 4.25. The molecule has 20 heavy (non-hydrogen) atoms. The summed E-state index contributed by atoms with van der Waals surface area (Å²) >= 11 is 5.37. The predicted octanol–water partition coefficient (Wildman–Crippen LogP) is 3.56. The number of nitrogens with two attached hydrogens (primary N) is 1. The van der Waals surface area contributed by atoms with E-state index in [4.69, 9.17) is 5.73 Å². The van der Waals surface area contributed by atoms with Gasteiger partial charge in [-0.25, -0.2) is 0 Å². The fourth-order valence-corrected chi connectivity index (χ4v) is 4.37. The second kappa shape index (κ2) is 8.49. The molecule has 3 atom stereocenters. The zero-order valence-corrected chi connectivity index (χ0v) is 15.7. The molecule has 3 nitrogen and oxygen atoms in total. The van der Waals surface area contributed by atoms with Crippen molar-refractivity contribution in [2.24, 2.45) is 5.73 Å². The van der Waals surface area contributed by atoms with Crippen LogP contribution in [0.2, 0.25) is 0 Å². The van der Waals surface area contributed by atoms with E-state index >= 15 is 0 Å². The van der Waals surface area contributed by atoms with E-state index in [0.29, 0.717) is 12.1 Å². The van der Waals surface area contributed by atoms with Crippen LogP contribution in [-0.4, -0.2) is 49.1 Å². The Balaban J connectivity index is 3.01. The van der Waals surface area contributed by atoms with Gasteiger partial charge in [-0.1, -0.05) is 13.8 Å². The zero-order chi connectivity index (χ0) is 15.3. The largest absolute Gasteiger partial charge is 0.326 e. The Labute approximate surface area is 136 Å². The fraction of sp³-hybridized carbons (Fsp3) is 0.733. The number of hydrogen-bond donors (Lipinski definition) is 1. The highest BCUT2D eigenvalue weighted by atomic mass is 79.9. The van der Waals surface area contributed by atoms with E-state index in [1.165, 1.54) is 8.66 Å². The molecule has 1 aromatic heterocycles. The highest BCUT2D eigenvalue weighted by Crippen LogP contribution is 2.34. The maximum atomic E-state index is 6.44. The van der Waals surface area contributed by atoms with Crippen LogP contribution in [0.4, 0.5) is 0 Å². The van der Waals surface area contributed by atoms with Gasteiger partial charge in [0.05, 0.1) is 9.83 Å². The van der Waals surface area contributed by atoms with E-state index in [1.807, 2.05) is 0 Å². The molecule has 0 fully saturated rings. The lowest BCUT2D eigenvalue weighted by Gasteiger charge is -2.39. The molecule has 1 aromatic rings. The Morgan fingerprint density at radius 2 is 1.95 bits per heavy atom. The Hall–Kier alpha value is 0.0600. The first-order valence-corrected chi connectivity index (χ1v) is 8.92. The lowest BCUT2D eigenvalue weighted by molar-refractivity contribution is 0.111. The van der Waals surface area contributed by atoms with Crippen molar-refractivity contribution in [3.63, 3.8) is 0 Å². The third kappa shape index (κ3) is 4.81. The molecule has 0 radical (unpaired) electrons. The van der Waals surface area contributed by atoms with Crippen molar-refractivity contribution in [2.75, 3.05) is 27.2 Å². The summed E-state index contributed by atoms with van der Waals surface area (Å²) in [5.41, 5.74) is 6.44. The molecule has 3 unspecified atom stereocenters. The van der Waals surface area contributed by atoms with Crippen molar-refractivity contribution < 1.29 is 0 Å². The fourth-order valence-electron chi connectivity index (χ4n) is 2.75. The molecule has 0 amide bonds. The van der Waals surface area contributed by atoms with Gasteiger partial charge in [-0.2, -0.15) is 0 Å². The molecule has 1 heterocycles. The molecule has 1 rings (SSSR count). The Kier molecular flexibility index (Phi) is 7.69. The minimum Gasteiger partial charge on any atom is -0.326 e. The molecule has 0 aliphatic carbocycles. The van der Waals surface area contributed by atoms with Crippen molar-refractivity contribution in [3.8, 4) is 0 Å². The van der Waals surface area contributed by atoms with Crippen molar-refractivity contribution in [1.29, 1.82) is 0 Å². The van der Waals surface area contributed by atoms with Crippen molar-refractivity contribution in [1.82, 2.24) is 9.80 Å². The average molecular weight is 362 g/mol. The lowest BCUT2D eigenvalue weighted by atomic mass is 10.0. The van der Waals surface area contributed by atoms with E-state index in [0.717, 1.165) is 19.5 Å². The number of likely N-dealkylation sites (N-methyl/N-ethyl adjacent to an activating group) is 2. The second-order valence-corrected chi connectivity index (χ2v) is 8.10. The van der Waals surface area contributed by atoms with Gasteiger partial charge < -0.3 is 10.6 Å². The maximum absolute atomic E-state index is 6.44. The van der Waals surface area contributed by atoms with Crippen molar-refractivity contribution >= 4 is 27.3 Å². The molecule has 0 aromatic carbocycles. The van der Waals surface area contributed by atoms with Gasteiger partial charge in [0.25, 0.3) is 0 Å². The first kappa shape index (κ1) is 18.1. The number of thiophene rings is 1. The molecular weight excluding hydrogens is 334 g/mol. The van der Waals surface area contributed by atoms with Gasteiger partial charge in [0.1, 0.15) is 0 Å². The van der Waals surface area contributed by atoms with Gasteiger partial charge >= 0.3 is 0 Å². The molecule has 0 bridgehead atoms. The molecule has 0 aliphatic rings. The summed E-state index contributed by atoms with van der Waals surface area (Å²) in [6.45, 7) is 8.76. The number of rotatable bonds is 8. The third-order valence-electron chi connectivity index (χ3n) is 3.68. The first-order valence-electron chi connectivity index (χ1n) is 7.31. The maximum Gasteiger partial charge on any atom is 0.0702 e. The van der Waals surface area contributed by atoms with E-state index in [1.54, 1.807) is 11.3 Å². The van der Waals surface area contributed by atoms with Crippen molar-refractivity contribution in [2.45, 2.75) is 45.3 Å². The zero-order valence-electron chi connectivity index (χ0n) is 13.3. The van der Waals surface area contributed by atoms with Gasteiger partial charge in [0.2, 0.25) is 0 Å². The summed E-state index contributed by atoms with van der Waals surface area (Å²) < 4.78 is 1.18. The number of nitrogens with zero attached hydrogens (tertiary/aromatic N) is 2. The van der Waals surface area contributed by atoms with Gasteiger partial charge in [-0.05, 0) is 62.0 Å². The van der Waals surface area contributed by atoms with Gasteiger partial charge in [0, 0.05) is 23.5 Å². The lowest BCUT2D eigenvalue weighted by Crippen LogP contribution is -2.47. The van der Waals surface area contributed by atoms with Crippen LogP contribution in [0.5, 0.6) is 0 Å². The molecule has 116 valence electrons. The average Bonchev–Trinajstić information content (AvgIpc) is 2.80. The second-order valence-electron chi connectivity index (χ2n) is 5.60. The van der Waals surface area contributed by atoms with E-state index in [-0.39, 0.29) is 6.04 Å². The number of halogens is 1. The topological polar surface area (TPSA) is 32.5 Å². The highest BCUT2D eigenvalue weighted by molar-refractivity contribution is 9.11. The van der Waals surface area contributed by atoms with Crippen LogP contribution in [0, 0.1) is 0 Å². The van der Waals surface area contributed by atoms with Crippen LogP contribution >= 0.6 is 27.3 Å². The smallest absolute Gasteiger partial charge is 0.0702 e. The summed E-state index contributed by atoms with van der Waals surface area (Å²) in [5, 5.41) is 0. The highest BCUT2D eigenvalue weighted by Gasteiger charge is 2.29. The minimum absolute atomic E-state index is 0.171. The quantitative estimate of drug-likeness (QED) is 0.768. The monoisotopic (exact) mass is 361 g/mol. The van der Waals surface area contributed by atoms with E-state index in [2.05, 4.69) is 72.7 Å². The third-order valence-corrected chi connectivity index (χ3v) is 5.37. The van der Waals surface area contributed by atoms with Gasteiger partial charge in [-0.15, -0.1) is 11.3 Å². The molecule has 2 N–H and O–H groups in total. The Bertz CT molecular complexity index is 394. The van der Waals surface area contributed by atoms with Gasteiger partial charge in [0.15, 0.2) is 0 Å². The Morgan fingerprint density at radius 3 is 2.35 bits per heavy atom. The summed E-state index contributed by atoms with van der Waals surface area (Å²) in [5.74, 6) is 0. The van der Waals surface area contributed by atoms with Crippen LogP contribution in [0.25, 0.3) is 0 Å². The molecular formula is C15H28BrN3S. The summed E-state index contributed by atoms with van der Waals surface area (Å²) in [6, 6.07) is 5.29. The first-order chi connectivity index (χ1) is 9.40. The standard InChI is InChI=1S/C15H28BrN3S/c1-6-12(17)15(13-8-9-14(16)20-13)19(7-2)11(3)10-18(4)5/h8-9,11-12,15H,6-7,10,17H2,1-5H3. The Morgan fingerprint density at radius 1 is 1.30 bits per heavy atom. The van der Waals surface area contributed by atoms with Crippen LogP contribution in [0.1, 0.15) is 38.1 Å². The minimum atomic E-state index is 0.171. The summed E-state index contributed by atoms with van der Waals surface area (Å²) in [4.78, 5) is 6.14. The van der Waals surface area contributed by atoms with Crippen LogP contribution in [0.3, 0.4) is 0 Å². The SMILES string of the molecule is CCC(N)C(c1ccc(Br)s1)N(CC)C(C)CN(C)C.